The van der Waals surface area contributed by atoms with Gasteiger partial charge in [-0.05, 0) is 86.7 Å². The zero-order valence-corrected chi connectivity index (χ0v) is 26.2. The molecule has 2 fully saturated rings. The average molecular weight is 631 g/mol. The second-order valence-corrected chi connectivity index (χ2v) is 13.1. The number of nitriles is 1. The van der Waals surface area contributed by atoms with E-state index in [-0.39, 0.29) is 16.8 Å². The number of carbonyl (C=O) groups is 1. The molecule has 3 aliphatic rings. The van der Waals surface area contributed by atoms with Crippen molar-refractivity contribution in [3.8, 4) is 6.07 Å². The van der Waals surface area contributed by atoms with Crippen molar-refractivity contribution >= 4 is 22.8 Å². The van der Waals surface area contributed by atoms with Crippen molar-refractivity contribution in [3.05, 3.63) is 106 Å². The number of halogens is 1. The number of fused-ring (bicyclic) bond motifs is 3. The van der Waals surface area contributed by atoms with Gasteiger partial charge in [-0.15, -0.1) is 0 Å². The Morgan fingerprint density at radius 2 is 2.04 bits per heavy atom. The fraction of sp³-hybridized carbons (Fsp3) is 0.361. The van der Waals surface area contributed by atoms with Gasteiger partial charge in [0, 0.05) is 49.0 Å². The molecule has 238 valence electrons. The average Bonchev–Trinajstić information content (AvgIpc) is 3.49. The number of hydrogen-bond acceptors (Lipinski definition) is 7. The summed E-state index contributed by atoms with van der Waals surface area (Å²) in [6.45, 7) is 7.13. The molecule has 0 bridgehead atoms. The third-order valence-electron chi connectivity index (χ3n) is 10.5. The summed E-state index contributed by atoms with van der Waals surface area (Å²) < 4.78 is 19.1. The fourth-order valence-electron chi connectivity index (χ4n) is 7.76. The van der Waals surface area contributed by atoms with Crippen molar-refractivity contribution in [1.29, 1.82) is 5.26 Å². The number of aromatic carboxylic acids is 1. The molecule has 1 unspecified atom stereocenters. The first-order valence-electron chi connectivity index (χ1n) is 16.2. The lowest BCUT2D eigenvalue weighted by Gasteiger charge is -2.33. The van der Waals surface area contributed by atoms with Crippen LogP contribution in [-0.2, 0) is 38.0 Å². The van der Waals surface area contributed by atoms with Crippen molar-refractivity contribution in [3.63, 3.8) is 0 Å². The van der Waals surface area contributed by atoms with Gasteiger partial charge in [0.15, 0.2) is 0 Å². The quantitative estimate of drug-likeness (QED) is 0.251. The Morgan fingerprint density at radius 3 is 2.85 bits per heavy atom. The molecule has 2 aromatic carbocycles. The van der Waals surface area contributed by atoms with Crippen LogP contribution in [-0.4, -0.2) is 59.7 Å². The number of rotatable bonds is 8. The van der Waals surface area contributed by atoms with Crippen molar-refractivity contribution < 1.29 is 14.3 Å². The van der Waals surface area contributed by atoms with Crippen molar-refractivity contribution in [2.45, 2.75) is 57.8 Å². The SMILES string of the molecule is CCn1cncc1Cn1c(CN2CC[C@@]3(c4cccc(N5CCc6cc(C#N)cc(F)c6C5)n4)CC3C2)nc2ccc(C(=O)O)cc21. The van der Waals surface area contributed by atoms with E-state index in [0.29, 0.717) is 43.1 Å². The molecule has 0 amide bonds. The minimum absolute atomic E-state index is 0.0529. The van der Waals surface area contributed by atoms with E-state index in [1.54, 1.807) is 18.2 Å². The molecule has 11 heteroatoms. The Balaban J connectivity index is 1.01. The predicted molar refractivity (Wildman–Crippen MR) is 173 cm³/mol. The van der Waals surface area contributed by atoms with Crippen LogP contribution in [0.25, 0.3) is 11.0 Å². The number of benzene rings is 2. The monoisotopic (exact) mass is 630 g/mol. The summed E-state index contributed by atoms with van der Waals surface area (Å²) in [5, 5.41) is 18.9. The maximum absolute atomic E-state index is 14.9. The van der Waals surface area contributed by atoms with Crippen LogP contribution >= 0.6 is 0 Å². The summed E-state index contributed by atoms with van der Waals surface area (Å²) in [6.07, 6.45) is 6.45. The molecular weight excluding hydrogens is 595 g/mol. The summed E-state index contributed by atoms with van der Waals surface area (Å²) >= 11 is 0. The molecule has 5 heterocycles. The number of anilines is 1. The van der Waals surface area contributed by atoms with Gasteiger partial charge in [0.05, 0.1) is 53.3 Å². The highest BCUT2D eigenvalue weighted by molar-refractivity contribution is 5.92. The van der Waals surface area contributed by atoms with Crippen LogP contribution in [0.2, 0.25) is 0 Å². The zero-order valence-electron chi connectivity index (χ0n) is 26.2. The van der Waals surface area contributed by atoms with Gasteiger partial charge >= 0.3 is 5.97 Å². The van der Waals surface area contributed by atoms with Crippen LogP contribution in [0.5, 0.6) is 0 Å². The lowest BCUT2D eigenvalue weighted by Crippen LogP contribution is -2.37. The standard InChI is InChI=1S/C36H35FN8O2/c1-2-43-22-39-17-27(43)19-45-31-14-25(35(46)47)6-7-30(31)40-34(45)21-42-11-9-36(15-26(36)18-42)32-4-3-5-33(41-32)44-10-8-24-12-23(16-38)13-29(37)28(24)20-44/h3-7,12-14,17,22,26H,2,8-11,15,18-21H2,1H3,(H,46,47)/t26?,36-/m1/s1. The third kappa shape index (κ3) is 5.13. The molecule has 2 atom stereocenters. The molecule has 1 aliphatic carbocycles. The van der Waals surface area contributed by atoms with Crippen LogP contribution in [0.15, 0.2) is 61.1 Å². The summed E-state index contributed by atoms with van der Waals surface area (Å²) in [6, 6.07) is 16.6. The van der Waals surface area contributed by atoms with Gasteiger partial charge in [-0.2, -0.15) is 5.26 Å². The number of hydrogen-bond donors (Lipinski definition) is 1. The number of likely N-dealkylation sites (tertiary alicyclic amines) is 1. The van der Waals surface area contributed by atoms with E-state index in [1.807, 2.05) is 24.7 Å². The maximum Gasteiger partial charge on any atom is 0.335 e. The molecule has 1 saturated heterocycles. The largest absolute Gasteiger partial charge is 0.478 e. The minimum atomic E-state index is -0.954. The lowest BCUT2D eigenvalue weighted by atomic mass is 9.91. The van der Waals surface area contributed by atoms with Gasteiger partial charge in [0.2, 0.25) is 0 Å². The molecular formula is C36H35FN8O2. The van der Waals surface area contributed by atoms with E-state index in [2.05, 4.69) is 49.0 Å². The number of aromatic nitrogens is 5. The van der Waals surface area contributed by atoms with Gasteiger partial charge < -0.3 is 19.1 Å². The molecule has 1 saturated carbocycles. The Morgan fingerprint density at radius 1 is 1.15 bits per heavy atom. The maximum atomic E-state index is 14.9. The van der Waals surface area contributed by atoms with Gasteiger partial charge in [-0.1, -0.05) is 6.07 Å². The van der Waals surface area contributed by atoms with Crippen molar-refractivity contribution in [2.75, 3.05) is 24.5 Å². The molecule has 5 aromatic rings. The highest BCUT2D eigenvalue weighted by atomic mass is 19.1. The highest BCUT2D eigenvalue weighted by Crippen LogP contribution is 2.59. The second kappa shape index (κ2) is 11.3. The van der Waals surface area contributed by atoms with E-state index >= 15 is 0 Å². The van der Waals surface area contributed by atoms with E-state index in [1.165, 1.54) is 6.07 Å². The van der Waals surface area contributed by atoms with Crippen LogP contribution in [0.3, 0.4) is 0 Å². The van der Waals surface area contributed by atoms with E-state index in [4.69, 9.17) is 9.97 Å². The van der Waals surface area contributed by atoms with Crippen molar-refractivity contribution in [2.24, 2.45) is 5.92 Å². The summed E-state index contributed by atoms with van der Waals surface area (Å²) in [4.78, 5) is 30.9. The second-order valence-electron chi connectivity index (χ2n) is 13.1. The zero-order chi connectivity index (χ0) is 32.3. The number of aryl methyl sites for hydroxylation is 1. The van der Waals surface area contributed by atoms with E-state index < -0.39 is 5.97 Å². The van der Waals surface area contributed by atoms with Crippen LogP contribution < -0.4 is 4.90 Å². The summed E-state index contributed by atoms with van der Waals surface area (Å²) in [5.41, 5.74) is 6.00. The fourth-order valence-corrected chi connectivity index (χ4v) is 7.76. The molecule has 0 spiro atoms. The molecule has 1 N–H and O–H groups in total. The topological polar surface area (TPSA) is 116 Å². The smallest absolute Gasteiger partial charge is 0.335 e. The highest BCUT2D eigenvalue weighted by Gasteiger charge is 2.58. The number of carboxylic acid groups (broad SMARTS) is 1. The van der Waals surface area contributed by atoms with E-state index in [9.17, 15) is 19.6 Å². The molecule has 10 nitrogen and oxygen atoms in total. The van der Waals surface area contributed by atoms with Gasteiger partial charge in [-0.3, -0.25) is 4.90 Å². The number of pyridine rings is 1. The van der Waals surface area contributed by atoms with Gasteiger partial charge in [0.1, 0.15) is 17.5 Å². The lowest BCUT2D eigenvalue weighted by molar-refractivity contribution is 0.0697. The number of nitrogens with zero attached hydrogens (tertiary/aromatic N) is 8. The van der Waals surface area contributed by atoms with Crippen LogP contribution in [0.1, 0.15) is 64.0 Å². The van der Waals surface area contributed by atoms with Crippen molar-refractivity contribution in [1.82, 2.24) is 29.0 Å². The number of imidazole rings is 2. The van der Waals surface area contributed by atoms with Crippen LogP contribution in [0, 0.1) is 23.1 Å². The first-order valence-corrected chi connectivity index (χ1v) is 16.2. The molecule has 3 aromatic heterocycles. The van der Waals surface area contributed by atoms with E-state index in [0.717, 1.165) is 78.6 Å². The first-order chi connectivity index (χ1) is 22.8. The molecule has 47 heavy (non-hydrogen) atoms. The number of piperidine rings is 1. The first kappa shape index (κ1) is 29.3. The molecule has 2 aliphatic heterocycles. The Kier molecular flexibility index (Phi) is 7.06. The summed E-state index contributed by atoms with van der Waals surface area (Å²) in [7, 11) is 0. The Bertz CT molecular complexity index is 2080. The minimum Gasteiger partial charge on any atom is -0.478 e. The molecule has 0 radical (unpaired) electrons. The van der Waals surface area contributed by atoms with Crippen LogP contribution in [0.4, 0.5) is 10.2 Å². The van der Waals surface area contributed by atoms with Gasteiger partial charge in [-0.25, -0.2) is 24.1 Å². The molecule has 8 rings (SSSR count). The number of carboxylic acids is 1. The Hall–Kier alpha value is -5.08. The predicted octanol–water partition coefficient (Wildman–Crippen LogP) is 5.13. The summed E-state index contributed by atoms with van der Waals surface area (Å²) in [5.74, 6) is 1.00. The normalized spacial score (nSPS) is 20.5. The Labute approximate surface area is 271 Å². The van der Waals surface area contributed by atoms with Gasteiger partial charge in [0.25, 0.3) is 0 Å². The third-order valence-corrected chi connectivity index (χ3v) is 10.5.